The van der Waals surface area contributed by atoms with Crippen LogP contribution in [0.15, 0.2) is 42.5 Å². The van der Waals surface area contributed by atoms with E-state index in [1.807, 2.05) is 19.1 Å². The molecule has 0 spiro atoms. The van der Waals surface area contributed by atoms with Crippen LogP contribution in [0, 0.1) is 11.3 Å². The van der Waals surface area contributed by atoms with Gasteiger partial charge in [-0.1, -0.05) is 51.0 Å². The Balaban J connectivity index is 0.000000614. The predicted octanol–water partition coefficient (Wildman–Crippen LogP) is 5.89. The van der Waals surface area contributed by atoms with Gasteiger partial charge in [0, 0.05) is 18.8 Å². The molecule has 0 amide bonds. The molecule has 1 aliphatic rings. The van der Waals surface area contributed by atoms with Crippen molar-refractivity contribution in [1.82, 2.24) is 4.90 Å². The summed E-state index contributed by atoms with van der Waals surface area (Å²) in [4.78, 5) is 2.59. The van der Waals surface area contributed by atoms with Gasteiger partial charge in [0.1, 0.15) is 0 Å². The number of hydrogen-bond donors (Lipinski definition) is 2. The summed E-state index contributed by atoms with van der Waals surface area (Å²) in [6.07, 6.45) is 7.10. The standard InChI is InChI=1S/C23H29N3.C4H10O/c1-2-19-12-22(16-24)15-23(14-19)25-17-20-8-7-9-21(13-20)18-26-10-5-3-4-6-11-26;1-3-4(2)5/h7-9,12-15,25H,2-6,10-11,17-18H2,1H3;4-5H,3H2,1-2H3/t;4-/m.0/s1. The monoisotopic (exact) mass is 421 g/mol. The number of aliphatic hydroxyl groups excluding tert-OH is 1. The second-order valence-electron chi connectivity index (χ2n) is 8.51. The van der Waals surface area contributed by atoms with Crippen LogP contribution in [0.5, 0.6) is 0 Å². The first-order valence-electron chi connectivity index (χ1n) is 11.8. The minimum absolute atomic E-state index is 0.116. The van der Waals surface area contributed by atoms with Crippen LogP contribution in [0.25, 0.3) is 0 Å². The van der Waals surface area contributed by atoms with E-state index in [2.05, 4.69) is 53.5 Å². The van der Waals surface area contributed by atoms with Crippen LogP contribution >= 0.6 is 0 Å². The Morgan fingerprint density at radius 3 is 2.29 bits per heavy atom. The van der Waals surface area contributed by atoms with Crippen molar-refractivity contribution >= 4 is 5.69 Å². The number of hydrogen-bond acceptors (Lipinski definition) is 4. The topological polar surface area (TPSA) is 59.3 Å². The van der Waals surface area contributed by atoms with Gasteiger partial charge in [-0.3, -0.25) is 4.90 Å². The first-order valence-corrected chi connectivity index (χ1v) is 11.8. The summed E-state index contributed by atoms with van der Waals surface area (Å²) in [7, 11) is 0. The quantitative estimate of drug-likeness (QED) is 0.585. The molecule has 0 aromatic heterocycles. The van der Waals surface area contributed by atoms with Crippen molar-refractivity contribution in [1.29, 1.82) is 5.26 Å². The van der Waals surface area contributed by atoms with Crippen LogP contribution in [0.1, 0.15) is 75.1 Å². The number of aryl methyl sites for hydroxylation is 1. The van der Waals surface area contributed by atoms with Crippen LogP contribution in [0.3, 0.4) is 0 Å². The second-order valence-corrected chi connectivity index (χ2v) is 8.51. The molecule has 2 aromatic carbocycles. The van der Waals surface area contributed by atoms with E-state index in [4.69, 9.17) is 5.11 Å². The van der Waals surface area contributed by atoms with Gasteiger partial charge in [-0.2, -0.15) is 5.26 Å². The summed E-state index contributed by atoms with van der Waals surface area (Å²) in [6, 6.07) is 17.2. The Bertz CT molecular complexity index is 817. The Kier molecular flexibility index (Phi) is 11.1. The molecule has 2 N–H and O–H groups in total. The predicted molar refractivity (Wildman–Crippen MR) is 130 cm³/mol. The largest absolute Gasteiger partial charge is 0.393 e. The lowest BCUT2D eigenvalue weighted by atomic mass is 10.1. The zero-order chi connectivity index (χ0) is 22.5. The maximum atomic E-state index is 9.20. The Morgan fingerprint density at radius 1 is 1.00 bits per heavy atom. The number of likely N-dealkylation sites (tertiary alicyclic amines) is 1. The van der Waals surface area contributed by atoms with E-state index in [1.165, 1.54) is 55.5 Å². The number of rotatable bonds is 7. The first kappa shape index (κ1) is 24.9. The summed E-state index contributed by atoms with van der Waals surface area (Å²) >= 11 is 0. The maximum absolute atomic E-state index is 9.20. The fourth-order valence-electron chi connectivity index (χ4n) is 3.66. The Morgan fingerprint density at radius 2 is 1.68 bits per heavy atom. The molecule has 31 heavy (non-hydrogen) atoms. The lowest BCUT2D eigenvalue weighted by molar-refractivity contribution is 0.191. The molecule has 3 rings (SSSR count). The molecule has 4 nitrogen and oxygen atoms in total. The molecule has 1 aliphatic heterocycles. The average Bonchev–Trinajstić information content (AvgIpc) is 3.06. The molecule has 1 fully saturated rings. The molecule has 1 atom stereocenters. The second kappa shape index (κ2) is 13.9. The van der Waals surface area contributed by atoms with E-state index in [1.54, 1.807) is 6.92 Å². The van der Waals surface area contributed by atoms with Crippen molar-refractivity contribution in [3.8, 4) is 6.07 Å². The van der Waals surface area contributed by atoms with Crippen molar-refractivity contribution < 1.29 is 5.11 Å². The Hall–Kier alpha value is -2.35. The molecular formula is C27H39N3O. The van der Waals surface area contributed by atoms with Gasteiger partial charge < -0.3 is 10.4 Å². The van der Waals surface area contributed by atoms with Gasteiger partial charge in [0.15, 0.2) is 0 Å². The summed E-state index contributed by atoms with van der Waals surface area (Å²) in [5, 5.41) is 21.0. The highest BCUT2D eigenvalue weighted by Crippen LogP contribution is 2.18. The fraction of sp³-hybridized carbons (Fsp3) is 0.519. The third kappa shape index (κ3) is 9.55. The highest BCUT2D eigenvalue weighted by molar-refractivity contribution is 5.52. The third-order valence-corrected chi connectivity index (χ3v) is 5.71. The molecule has 0 unspecified atom stereocenters. The average molecular weight is 422 g/mol. The van der Waals surface area contributed by atoms with E-state index in [-0.39, 0.29) is 6.10 Å². The lowest BCUT2D eigenvalue weighted by Gasteiger charge is -2.20. The Labute approximate surface area is 188 Å². The smallest absolute Gasteiger partial charge is 0.0992 e. The van der Waals surface area contributed by atoms with E-state index in [0.717, 1.165) is 37.2 Å². The van der Waals surface area contributed by atoms with Gasteiger partial charge in [0.05, 0.1) is 17.7 Å². The molecule has 4 heteroatoms. The van der Waals surface area contributed by atoms with Gasteiger partial charge in [-0.25, -0.2) is 0 Å². The fourth-order valence-corrected chi connectivity index (χ4v) is 3.66. The zero-order valence-corrected chi connectivity index (χ0v) is 19.5. The van der Waals surface area contributed by atoms with Gasteiger partial charge in [-0.05, 0) is 80.6 Å². The number of aliphatic hydroxyl groups is 1. The van der Waals surface area contributed by atoms with Crippen molar-refractivity contribution in [3.63, 3.8) is 0 Å². The molecule has 0 aliphatic carbocycles. The number of anilines is 1. The van der Waals surface area contributed by atoms with E-state index in [0.29, 0.717) is 0 Å². The van der Waals surface area contributed by atoms with Crippen LogP contribution in [0.2, 0.25) is 0 Å². The van der Waals surface area contributed by atoms with Crippen molar-refractivity contribution in [2.24, 2.45) is 0 Å². The molecule has 0 bridgehead atoms. The van der Waals surface area contributed by atoms with E-state index >= 15 is 0 Å². The number of benzene rings is 2. The minimum Gasteiger partial charge on any atom is -0.393 e. The molecule has 0 saturated carbocycles. The number of nitrogens with one attached hydrogen (secondary N) is 1. The van der Waals surface area contributed by atoms with E-state index in [9.17, 15) is 5.26 Å². The van der Waals surface area contributed by atoms with Crippen molar-refractivity contribution in [2.75, 3.05) is 18.4 Å². The maximum Gasteiger partial charge on any atom is 0.0992 e. The van der Waals surface area contributed by atoms with Gasteiger partial charge >= 0.3 is 0 Å². The van der Waals surface area contributed by atoms with Crippen LogP contribution < -0.4 is 5.32 Å². The molecule has 1 heterocycles. The van der Waals surface area contributed by atoms with Crippen molar-refractivity contribution in [3.05, 3.63) is 64.7 Å². The summed E-state index contributed by atoms with van der Waals surface area (Å²) in [5.41, 5.74) is 5.63. The first-order chi connectivity index (χ1) is 15.0. The molecular weight excluding hydrogens is 382 g/mol. The van der Waals surface area contributed by atoms with Crippen LogP contribution in [-0.2, 0) is 19.5 Å². The molecule has 168 valence electrons. The molecule has 2 aromatic rings. The summed E-state index contributed by atoms with van der Waals surface area (Å²) in [5.74, 6) is 0. The third-order valence-electron chi connectivity index (χ3n) is 5.71. The van der Waals surface area contributed by atoms with Crippen molar-refractivity contribution in [2.45, 2.75) is 78.5 Å². The normalized spacial score (nSPS) is 15.2. The lowest BCUT2D eigenvalue weighted by Crippen LogP contribution is -2.24. The van der Waals surface area contributed by atoms with Crippen LogP contribution in [-0.4, -0.2) is 29.2 Å². The van der Waals surface area contributed by atoms with Crippen LogP contribution in [0.4, 0.5) is 5.69 Å². The number of nitrogens with zero attached hydrogens (tertiary/aromatic N) is 2. The van der Waals surface area contributed by atoms with Gasteiger partial charge in [-0.15, -0.1) is 0 Å². The SMILES string of the molecule is CC[C@H](C)O.CCc1cc(C#N)cc(NCc2cccc(CN3CCCCCC3)c2)c1. The van der Waals surface area contributed by atoms with E-state index < -0.39 is 0 Å². The highest BCUT2D eigenvalue weighted by atomic mass is 16.3. The summed E-state index contributed by atoms with van der Waals surface area (Å²) in [6.45, 7) is 10.1. The molecule has 0 radical (unpaired) electrons. The highest BCUT2D eigenvalue weighted by Gasteiger charge is 2.09. The summed E-state index contributed by atoms with van der Waals surface area (Å²) < 4.78 is 0. The van der Waals surface area contributed by atoms with Gasteiger partial charge in [0.25, 0.3) is 0 Å². The minimum atomic E-state index is -0.116. The molecule has 1 saturated heterocycles. The zero-order valence-electron chi connectivity index (χ0n) is 19.5. The number of nitriles is 1. The van der Waals surface area contributed by atoms with Gasteiger partial charge in [0.2, 0.25) is 0 Å².